The van der Waals surface area contributed by atoms with Crippen molar-refractivity contribution in [3.63, 3.8) is 0 Å². The number of benzene rings is 1. The van der Waals surface area contributed by atoms with Gasteiger partial charge < -0.3 is 15.6 Å². The summed E-state index contributed by atoms with van der Waals surface area (Å²) in [6.07, 6.45) is -5.46. The first-order valence-corrected chi connectivity index (χ1v) is 4.53. The summed E-state index contributed by atoms with van der Waals surface area (Å²) in [5.74, 6) is -0.322. The van der Waals surface area contributed by atoms with Crippen LogP contribution in [0.4, 0.5) is 13.2 Å². The first kappa shape index (κ1) is 12.8. The zero-order valence-corrected chi connectivity index (χ0v) is 8.58. The fraction of sp³-hybridized carbons (Fsp3) is 0.400. The quantitative estimate of drug-likeness (QED) is 0.838. The number of aliphatic hydroxyl groups is 1. The summed E-state index contributed by atoms with van der Waals surface area (Å²) in [4.78, 5) is 0. The number of hydrogen-bond acceptors (Lipinski definition) is 3. The number of nitrogens with two attached hydrogens (primary N) is 1. The predicted octanol–water partition coefficient (Wildman–Crippen LogP) is 1.71. The number of rotatable bonds is 3. The summed E-state index contributed by atoms with van der Waals surface area (Å²) >= 11 is 0. The molecule has 1 unspecified atom stereocenters. The Kier molecular flexibility index (Phi) is 3.77. The lowest BCUT2D eigenvalue weighted by Gasteiger charge is -2.15. The van der Waals surface area contributed by atoms with Crippen molar-refractivity contribution in [3.05, 3.63) is 29.3 Å². The summed E-state index contributed by atoms with van der Waals surface area (Å²) in [5, 5.41) is 9.38. The molecular weight excluding hydrogens is 223 g/mol. The van der Waals surface area contributed by atoms with Crippen molar-refractivity contribution >= 4 is 0 Å². The zero-order chi connectivity index (χ0) is 12.3. The van der Waals surface area contributed by atoms with Crippen LogP contribution in [0.5, 0.6) is 5.75 Å². The lowest BCUT2D eigenvalue weighted by atomic mass is 10.1. The standard InChI is InChI=1S/C10H12F3NO2/c1-16-9-4-6(8(15)5-14)2-3-7(9)10(11,12)13/h2-4,8,15H,5,14H2,1H3. The molecule has 0 saturated carbocycles. The van der Waals surface area contributed by atoms with E-state index in [-0.39, 0.29) is 12.3 Å². The summed E-state index contributed by atoms with van der Waals surface area (Å²) in [6, 6.07) is 3.19. The van der Waals surface area contributed by atoms with Crippen molar-refractivity contribution in [2.45, 2.75) is 12.3 Å². The van der Waals surface area contributed by atoms with Gasteiger partial charge in [0.25, 0.3) is 0 Å². The maximum atomic E-state index is 12.5. The molecule has 1 aromatic carbocycles. The Morgan fingerprint density at radius 2 is 2.06 bits per heavy atom. The minimum atomic E-state index is -4.47. The Morgan fingerprint density at radius 1 is 1.44 bits per heavy atom. The van der Waals surface area contributed by atoms with Crippen molar-refractivity contribution in [3.8, 4) is 5.75 Å². The minimum Gasteiger partial charge on any atom is -0.496 e. The lowest BCUT2D eigenvalue weighted by molar-refractivity contribution is -0.138. The van der Waals surface area contributed by atoms with E-state index in [4.69, 9.17) is 5.73 Å². The highest BCUT2D eigenvalue weighted by atomic mass is 19.4. The molecule has 1 atom stereocenters. The molecule has 6 heteroatoms. The van der Waals surface area contributed by atoms with Gasteiger partial charge >= 0.3 is 6.18 Å². The highest BCUT2D eigenvalue weighted by molar-refractivity contribution is 5.40. The van der Waals surface area contributed by atoms with Crippen LogP contribution >= 0.6 is 0 Å². The van der Waals surface area contributed by atoms with E-state index >= 15 is 0 Å². The van der Waals surface area contributed by atoms with E-state index in [1.165, 1.54) is 6.07 Å². The van der Waals surface area contributed by atoms with Crippen LogP contribution < -0.4 is 10.5 Å². The number of alkyl halides is 3. The topological polar surface area (TPSA) is 55.5 Å². The van der Waals surface area contributed by atoms with Crippen molar-refractivity contribution in [1.82, 2.24) is 0 Å². The van der Waals surface area contributed by atoms with Gasteiger partial charge in [-0.2, -0.15) is 13.2 Å². The number of aliphatic hydroxyl groups excluding tert-OH is 1. The molecule has 0 radical (unpaired) electrons. The van der Waals surface area contributed by atoms with Crippen LogP contribution in [0.2, 0.25) is 0 Å². The van der Waals surface area contributed by atoms with Crippen LogP contribution in [0.25, 0.3) is 0 Å². The Labute approximate surface area is 90.6 Å². The molecule has 0 fully saturated rings. The molecule has 1 aromatic rings. The van der Waals surface area contributed by atoms with Gasteiger partial charge in [0.2, 0.25) is 0 Å². The molecule has 0 aliphatic carbocycles. The number of halogens is 3. The monoisotopic (exact) mass is 235 g/mol. The molecule has 0 aliphatic rings. The van der Waals surface area contributed by atoms with E-state index in [9.17, 15) is 18.3 Å². The predicted molar refractivity (Wildman–Crippen MR) is 52.0 cm³/mol. The van der Waals surface area contributed by atoms with Gasteiger partial charge in [0, 0.05) is 6.54 Å². The first-order chi connectivity index (χ1) is 7.40. The molecule has 0 aliphatic heterocycles. The van der Waals surface area contributed by atoms with E-state index in [0.29, 0.717) is 5.56 Å². The Hall–Kier alpha value is -1.27. The third kappa shape index (κ3) is 2.65. The fourth-order valence-corrected chi connectivity index (χ4v) is 1.29. The van der Waals surface area contributed by atoms with Gasteiger partial charge in [-0.25, -0.2) is 0 Å². The van der Waals surface area contributed by atoms with Gasteiger partial charge in [-0.05, 0) is 17.7 Å². The Balaban J connectivity index is 3.17. The summed E-state index contributed by atoms with van der Waals surface area (Å²) in [7, 11) is 1.14. The van der Waals surface area contributed by atoms with Crippen LogP contribution in [-0.4, -0.2) is 18.8 Å². The van der Waals surface area contributed by atoms with Crippen LogP contribution in [0.15, 0.2) is 18.2 Å². The average molecular weight is 235 g/mol. The molecule has 0 heterocycles. The second-order valence-electron chi connectivity index (χ2n) is 3.21. The van der Waals surface area contributed by atoms with Crippen molar-refractivity contribution < 1.29 is 23.0 Å². The Morgan fingerprint density at radius 3 is 2.50 bits per heavy atom. The van der Waals surface area contributed by atoms with E-state index in [0.717, 1.165) is 19.2 Å². The number of ether oxygens (including phenoxy) is 1. The highest BCUT2D eigenvalue weighted by Crippen LogP contribution is 2.37. The fourth-order valence-electron chi connectivity index (χ4n) is 1.29. The van der Waals surface area contributed by atoms with Crippen LogP contribution in [-0.2, 0) is 6.18 Å². The van der Waals surface area contributed by atoms with Crippen LogP contribution in [0, 0.1) is 0 Å². The number of hydrogen-bond donors (Lipinski definition) is 2. The molecule has 0 bridgehead atoms. The van der Waals surface area contributed by atoms with Gasteiger partial charge in [0.15, 0.2) is 0 Å². The third-order valence-corrected chi connectivity index (χ3v) is 2.14. The molecule has 0 spiro atoms. The van der Waals surface area contributed by atoms with E-state index in [2.05, 4.69) is 4.74 Å². The largest absolute Gasteiger partial charge is 0.496 e. The van der Waals surface area contributed by atoms with Crippen LogP contribution in [0.3, 0.4) is 0 Å². The lowest BCUT2D eigenvalue weighted by Crippen LogP contribution is -2.13. The first-order valence-electron chi connectivity index (χ1n) is 4.53. The number of methoxy groups -OCH3 is 1. The highest BCUT2D eigenvalue weighted by Gasteiger charge is 2.34. The van der Waals surface area contributed by atoms with E-state index in [1.807, 2.05) is 0 Å². The van der Waals surface area contributed by atoms with Gasteiger partial charge in [-0.3, -0.25) is 0 Å². The molecule has 3 nitrogen and oxygen atoms in total. The maximum Gasteiger partial charge on any atom is 0.419 e. The molecule has 0 saturated heterocycles. The minimum absolute atomic E-state index is 0.0610. The second-order valence-corrected chi connectivity index (χ2v) is 3.21. The van der Waals surface area contributed by atoms with Gasteiger partial charge in [0.1, 0.15) is 5.75 Å². The molecule has 90 valence electrons. The van der Waals surface area contributed by atoms with Crippen LogP contribution in [0.1, 0.15) is 17.2 Å². The SMILES string of the molecule is COc1cc(C(O)CN)ccc1C(F)(F)F. The van der Waals surface area contributed by atoms with Gasteiger partial charge in [-0.15, -0.1) is 0 Å². The van der Waals surface area contributed by atoms with Gasteiger partial charge in [-0.1, -0.05) is 6.07 Å². The summed E-state index contributed by atoms with van der Waals surface area (Å²) in [5.41, 5.74) is 4.63. The molecule has 16 heavy (non-hydrogen) atoms. The molecular formula is C10H12F3NO2. The molecule has 1 rings (SSSR count). The zero-order valence-electron chi connectivity index (χ0n) is 8.58. The summed E-state index contributed by atoms with van der Waals surface area (Å²) < 4.78 is 42.1. The second kappa shape index (κ2) is 4.71. The average Bonchev–Trinajstić information content (AvgIpc) is 2.25. The normalized spacial score (nSPS) is 13.6. The molecule has 0 amide bonds. The Bertz CT molecular complexity index is 366. The molecule has 0 aromatic heterocycles. The molecule has 3 N–H and O–H groups in total. The van der Waals surface area contributed by atoms with Crippen molar-refractivity contribution in [1.29, 1.82) is 0 Å². The van der Waals surface area contributed by atoms with Crippen molar-refractivity contribution in [2.24, 2.45) is 5.73 Å². The third-order valence-electron chi connectivity index (χ3n) is 2.14. The maximum absolute atomic E-state index is 12.5. The smallest absolute Gasteiger partial charge is 0.419 e. The van der Waals surface area contributed by atoms with Crippen molar-refractivity contribution in [2.75, 3.05) is 13.7 Å². The summed E-state index contributed by atoms with van der Waals surface area (Å²) in [6.45, 7) is -0.0610. The van der Waals surface area contributed by atoms with E-state index < -0.39 is 17.8 Å². The van der Waals surface area contributed by atoms with E-state index in [1.54, 1.807) is 0 Å². The van der Waals surface area contributed by atoms with Gasteiger partial charge in [0.05, 0.1) is 18.8 Å².